The number of aliphatic hydroxyl groups is 1. The third kappa shape index (κ3) is 23.5. The smallest absolute Gasteiger partial charge is 0.317 e. The van der Waals surface area contributed by atoms with E-state index >= 15 is 0 Å². The van der Waals surface area contributed by atoms with Crippen molar-refractivity contribution in [2.24, 2.45) is 0 Å². The van der Waals surface area contributed by atoms with Crippen LogP contribution in [0.25, 0.3) is 91.4 Å². The molecule has 0 radical (unpaired) electrons. The highest BCUT2D eigenvalue weighted by molar-refractivity contribution is 7.89. The van der Waals surface area contributed by atoms with E-state index in [0.717, 1.165) is 146 Å². The number of carbonyl (C=O) groups excluding carboxylic acids is 2. The van der Waals surface area contributed by atoms with Crippen LogP contribution in [0.15, 0.2) is 199 Å². The summed E-state index contributed by atoms with van der Waals surface area (Å²) in [6.07, 6.45) is 10.2. The van der Waals surface area contributed by atoms with Gasteiger partial charge in [0, 0.05) is 102 Å². The summed E-state index contributed by atoms with van der Waals surface area (Å²) in [4.78, 5) is 55.3. The van der Waals surface area contributed by atoms with Gasteiger partial charge in [-0.05, 0) is 297 Å². The Morgan fingerprint density at radius 2 is 0.740 bits per heavy atom. The van der Waals surface area contributed by atoms with Crippen LogP contribution in [-0.4, -0.2) is 212 Å². The molecule has 146 heavy (non-hydrogen) atoms. The van der Waals surface area contributed by atoms with Gasteiger partial charge >= 0.3 is 12.1 Å². The average molecular weight is 1990 g/mol. The number of rotatable bonds is 30. The highest BCUT2D eigenvalue weighted by Gasteiger charge is 2.40. The number of nitrogens with one attached hydrogen (secondary N) is 2. The summed E-state index contributed by atoms with van der Waals surface area (Å²) in [6.45, 7) is 24.7. The second-order valence-electron chi connectivity index (χ2n) is 38.7. The van der Waals surface area contributed by atoms with Gasteiger partial charge in [0.05, 0.1) is 76.3 Å². The van der Waals surface area contributed by atoms with Crippen LogP contribution in [0.3, 0.4) is 0 Å². The SMILES string of the molecule is CC(C)Oc1ccc(-c2nc(-c3cccc4c3CC[C@@H]4NC(=O)N3CC[C@@H](N(C)C)C3)no2)cc1C#N.CC(C)Oc1ccc(-c2nc(-c3cccc4c3CC[C@@H]4NC(=O)N3CC[C@H](N(C)C)C3)no2)cc1C#N.CCCN(CCO)[C@@H]1CCc2c(-c3noc(-c4ccc(OC(C)C)c(C#N)c4)n3)cccc21.CCCN([C@@H]1CCc2c(-c3noc(-c4ccc(OC(C)C)c(C#N)c4)n3)cccc21)S(=O)(=O)c1ccccc1. The fourth-order valence-corrected chi connectivity index (χ4v) is 21.8. The van der Waals surface area contributed by atoms with E-state index in [4.69, 9.17) is 37.0 Å². The Bertz CT molecular complexity index is 6910. The monoisotopic (exact) mass is 1990 g/mol. The molecule has 13 aromatic rings. The number of carbonyl (C=O) groups is 2. The molecule has 2 aliphatic heterocycles. The van der Waals surface area contributed by atoms with Crippen LogP contribution < -0.4 is 29.6 Å². The molecule has 756 valence electrons. The first-order chi connectivity index (χ1) is 70.5. The number of urea groups is 2. The van der Waals surface area contributed by atoms with Crippen molar-refractivity contribution in [1.29, 1.82) is 21.0 Å². The summed E-state index contributed by atoms with van der Waals surface area (Å²) in [5, 5.41) is 71.2. The van der Waals surface area contributed by atoms with E-state index in [9.17, 15) is 44.2 Å². The number of likely N-dealkylation sites (N-methyl/N-ethyl adjacent to an activating group) is 2. The number of aliphatic hydroxyl groups excluding tert-OH is 1. The molecule has 0 bridgehead atoms. The maximum atomic E-state index is 13.6. The molecule has 19 rings (SSSR count). The van der Waals surface area contributed by atoms with E-state index in [1.165, 1.54) is 11.1 Å². The number of likely N-dealkylation sites (tertiary alicyclic amines) is 2. The van der Waals surface area contributed by atoms with Crippen LogP contribution in [0.4, 0.5) is 9.59 Å². The maximum Gasteiger partial charge on any atom is 0.317 e. The van der Waals surface area contributed by atoms with Crippen LogP contribution >= 0.6 is 0 Å². The molecule has 6 heterocycles. The average Bonchev–Trinajstić information content (AvgIpc) is 1.58. The minimum absolute atomic E-state index is 0.00681. The van der Waals surface area contributed by atoms with Gasteiger partial charge in [-0.1, -0.05) is 125 Å². The number of nitriles is 4. The zero-order chi connectivity index (χ0) is 103. The number of fused-ring (bicyclic) bond motifs is 4. The van der Waals surface area contributed by atoms with E-state index < -0.39 is 10.0 Å². The van der Waals surface area contributed by atoms with Crippen molar-refractivity contribution in [3.05, 3.63) is 243 Å². The third-order valence-corrected chi connectivity index (χ3v) is 28.9. The Hall–Kier alpha value is -15.0. The molecule has 9 aromatic carbocycles. The second-order valence-corrected chi connectivity index (χ2v) is 40.6. The summed E-state index contributed by atoms with van der Waals surface area (Å²) in [7, 11) is 4.56. The van der Waals surface area contributed by atoms with Crippen molar-refractivity contribution in [1.82, 2.24) is 80.0 Å². The molecule has 4 aromatic heterocycles. The lowest BCUT2D eigenvalue weighted by atomic mass is 10.0. The summed E-state index contributed by atoms with van der Waals surface area (Å²) in [5.74, 6) is 5.42. The molecule has 0 unspecified atom stereocenters. The van der Waals surface area contributed by atoms with Gasteiger partial charge in [-0.3, -0.25) is 4.90 Å². The Kier molecular flexibility index (Phi) is 33.3. The van der Waals surface area contributed by atoms with Crippen molar-refractivity contribution >= 4 is 22.1 Å². The van der Waals surface area contributed by atoms with E-state index in [-0.39, 0.29) is 61.2 Å². The maximum absolute atomic E-state index is 13.6. The van der Waals surface area contributed by atoms with E-state index in [2.05, 4.69) is 143 Å². The van der Waals surface area contributed by atoms with Crippen LogP contribution in [-0.2, 0) is 35.7 Å². The normalized spacial score (nSPS) is 16.9. The molecule has 34 heteroatoms. The molecule has 3 N–H and O–H groups in total. The standard InChI is InChI=1S/C30H30N4O4S.2C28H32N6O3.C26H30N4O3/c1-4-17-34(39(35,36)23-9-6-5-7-10-23)27-15-14-24-25(27)11-8-12-26(24)29-32-30(38-33-29)21-13-16-28(37-20(2)3)22(18-21)19-31;2*1-17(2)36-25-11-8-18(14-19(25)15-29)27-31-26(32-37-27)23-7-5-6-22-21(23)9-10-24(22)30-28(35)34-13-12-20(16-34)33(3)4;1-4-12-30(13-14-31)23-10-9-20-21(23)6-5-7-22(20)25-28-26(33-29-25)18-8-11-24(32-17(2)3)19(15-18)16-27/h5-13,16,18,20,27H,4,14-15,17H2,1-3H3;2*5-8,11,14,17,20,24H,9-10,12-13,16H2,1-4H3,(H,30,35);5-8,11,15,17,23,31H,4,9-10,12-14H2,1-3H3/t27-;20-,24+;20-,24-;23-/m1101/s1. The largest absolute Gasteiger partial charge is 0.490 e. The first-order valence-electron chi connectivity index (χ1n) is 50.1. The number of sulfonamides is 1. The van der Waals surface area contributed by atoms with Crippen molar-refractivity contribution in [3.8, 4) is 139 Å². The van der Waals surface area contributed by atoms with E-state index in [0.29, 0.717) is 170 Å². The number of nitrogens with zero attached hydrogens (tertiary/aromatic N) is 18. The van der Waals surface area contributed by atoms with Gasteiger partial charge in [-0.2, -0.15) is 45.3 Å². The number of hydrogen-bond donors (Lipinski definition) is 3. The predicted octanol–water partition coefficient (Wildman–Crippen LogP) is 19.7. The van der Waals surface area contributed by atoms with Crippen LogP contribution in [0.2, 0.25) is 0 Å². The molecule has 4 amide bonds. The van der Waals surface area contributed by atoms with Gasteiger partial charge in [-0.25, -0.2) is 18.0 Å². The lowest BCUT2D eigenvalue weighted by molar-refractivity contribution is 0.150. The quantitative estimate of drug-likeness (QED) is 0.0376. The molecular weight excluding hydrogens is 1870 g/mol. The Labute approximate surface area is 852 Å². The number of ether oxygens (including phenoxy) is 4. The van der Waals surface area contributed by atoms with Gasteiger partial charge in [0.25, 0.3) is 23.6 Å². The zero-order valence-corrected chi connectivity index (χ0v) is 85.8. The first-order valence-corrected chi connectivity index (χ1v) is 51.5. The Morgan fingerprint density at radius 1 is 0.418 bits per heavy atom. The molecular formula is C112H124N20O13S. The highest BCUT2D eigenvalue weighted by atomic mass is 32.2. The van der Waals surface area contributed by atoms with Gasteiger partial charge in [0.2, 0.25) is 33.3 Å². The fourth-order valence-electron chi connectivity index (χ4n) is 20.0. The highest BCUT2D eigenvalue weighted by Crippen LogP contribution is 2.47. The number of aromatic nitrogens is 8. The van der Waals surface area contributed by atoms with E-state index in [1.54, 1.807) is 83.2 Å². The minimum atomic E-state index is -3.67. The molecule has 2 saturated heterocycles. The van der Waals surface area contributed by atoms with Crippen LogP contribution in [0.5, 0.6) is 23.0 Å². The topological polar surface area (TPSA) is 420 Å². The van der Waals surface area contributed by atoms with Crippen molar-refractivity contribution < 1.29 is 60.2 Å². The summed E-state index contributed by atoms with van der Waals surface area (Å²) < 4.78 is 74.1. The molecule has 2 fully saturated rings. The first kappa shape index (κ1) is 104. The number of benzene rings is 9. The van der Waals surface area contributed by atoms with Gasteiger partial charge in [0.15, 0.2) is 0 Å². The molecule has 0 saturated carbocycles. The molecule has 6 atom stereocenters. The lowest BCUT2D eigenvalue weighted by Crippen LogP contribution is -2.41. The van der Waals surface area contributed by atoms with Crippen LogP contribution in [0, 0.1) is 45.3 Å². The zero-order valence-electron chi connectivity index (χ0n) is 85.0. The number of amides is 4. The van der Waals surface area contributed by atoms with Crippen LogP contribution in [0.1, 0.15) is 212 Å². The number of hydrogen-bond acceptors (Lipinski definition) is 28. The second kappa shape index (κ2) is 46.8. The fraction of sp³-hybridized carbons (Fsp3) is 0.393. The van der Waals surface area contributed by atoms with Crippen molar-refractivity contribution in [2.75, 3.05) is 80.6 Å². The summed E-state index contributed by atoms with van der Waals surface area (Å²) >= 11 is 0. The summed E-state index contributed by atoms with van der Waals surface area (Å²) in [5.41, 5.74) is 16.9. The molecule has 33 nitrogen and oxygen atoms in total. The summed E-state index contributed by atoms with van der Waals surface area (Å²) in [6, 6.07) is 63.2. The van der Waals surface area contributed by atoms with Gasteiger partial charge < -0.3 is 72.4 Å². The van der Waals surface area contributed by atoms with E-state index in [1.807, 2.05) is 151 Å². The molecule has 6 aliphatic rings. The molecule has 0 spiro atoms. The lowest BCUT2D eigenvalue weighted by Gasteiger charge is -2.28. The predicted molar refractivity (Wildman–Crippen MR) is 551 cm³/mol. The third-order valence-electron chi connectivity index (χ3n) is 27.0. The minimum Gasteiger partial charge on any atom is -0.490 e. The molecule has 4 aliphatic carbocycles. The van der Waals surface area contributed by atoms with Crippen molar-refractivity contribution in [2.45, 2.75) is 212 Å². The van der Waals surface area contributed by atoms with Gasteiger partial charge in [-0.15, -0.1) is 0 Å². The Morgan fingerprint density at radius 3 is 1.05 bits per heavy atom. The van der Waals surface area contributed by atoms with Crippen molar-refractivity contribution in [3.63, 3.8) is 0 Å². The Balaban J connectivity index is 0.000000139. The van der Waals surface area contributed by atoms with Gasteiger partial charge in [0.1, 0.15) is 47.3 Å².